The van der Waals surface area contributed by atoms with Gasteiger partial charge in [-0.2, -0.15) is 0 Å². The van der Waals surface area contributed by atoms with E-state index in [1.807, 2.05) is 6.20 Å². The number of hydrogen-bond donors (Lipinski definition) is 5. The maximum absolute atomic E-state index is 9.79. The van der Waals surface area contributed by atoms with Crippen LogP contribution in [0.25, 0.3) is 0 Å². The van der Waals surface area contributed by atoms with Crippen molar-refractivity contribution >= 4 is 17.0 Å². The molecule has 2 aromatic heterocycles. The zero-order valence-corrected chi connectivity index (χ0v) is 20.0. The molecule has 1 aliphatic carbocycles. The maximum Gasteiger partial charge on any atom is 0.138 e. The van der Waals surface area contributed by atoms with E-state index in [-0.39, 0.29) is 22.7 Å². The summed E-state index contributed by atoms with van der Waals surface area (Å²) < 4.78 is 0. The molecule has 0 unspecified atom stereocenters. The third-order valence-electron chi connectivity index (χ3n) is 5.93. The first-order valence-corrected chi connectivity index (χ1v) is 11.1. The van der Waals surface area contributed by atoms with Gasteiger partial charge in [-0.25, -0.2) is 4.98 Å². The van der Waals surface area contributed by atoms with Crippen LogP contribution in [0.4, 0.5) is 0 Å². The number of nitrogens with zero attached hydrogens (tertiary/aromatic N) is 2. The van der Waals surface area contributed by atoms with Crippen molar-refractivity contribution in [1.82, 2.24) is 30.9 Å². The molecule has 5 N–H and O–H groups in total. The van der Waals surface area contributed by atoms with Gasteiger partial charge in [0, 0.05) is 50.3 Å². The van der Waals surface area contributed by atoms with E-state index in [9.17, 15) is 5.11 Å². The Bertz CT molecular complexity index is 919. The van der Waals surface area contributed by atoms with Gasteiger partial charge in [0.1, 0.15) is 11.6 Å². The van der Waals surface area contributed by atoms with Crippen molar-refractivity contribution in [1.29, 1.82) is 0 Å². The fourth-order valence-corrected chi connectivity index (χ4v) is 4.16. The molecule has 7 nitrogen and oxygen atoms in total. The lowest BCUT2D eigenvalue weighted by Crippen LogP contribution is -2.49. The summed E-state index contributed by atoms with van der Waals surface area (Å²) in [6.45, 7) is 2.95. The standard InChI is InChI=1S/C24H32N6O.BrH/c31-23-6-3-11-26-22(23)16-25-14-18-7-9-19(10-8-18)15-29-20-4-1-2-5-21(20)30-17-24-27-12-13-28-24;/h3,6-13,20-21,25,29-31H,1-2,4-5,14-17H2,(H,27,28);1H/t20-,21+;/m0./s1. The van der Waals surface area contributed by atoms with Crippen LogP contribution in [0, 0.1) is 0 Å². The average molecular weight is 501 g/mol. The molecule has 3 aromatic rings. The molecule has 8 heteroatoms. The van der Waals surface area contributed by atoms with E-state index in [2.05, 4.69) is 55.2 Å². The number of hydrogen-bond acceptors (Lipinski definition) is 6. The Morgan fingerprint density at radius 3 is 2.19 bits per heavy atom. The summed E-state index contributed by atoms with van der Waals surface area (Å²) in [6, 6.07) is 13.1. The molecule has 1 fully saturated rings. The minimum absolute atomic E-state index is 0. The minimum Gasteiger partial charge on any atom is -0.506 e. The molecule has 0 aliphatic heterocycles. The fraction of sp³-hybridized carbons (Fsp3) is 0.417. The van der Waals surface area contributed by atoms with E-state index in [1.54, 1.807) is 24.5 Å². The number of nitrogens with one attached hydrogen (secondary N) is 4. The molecular formula is C24H33BrN6O. The number of aromatic amines is 1. The molecule has 32 heavy (non-hydrogen) atoms. The van der Waals surface area contributed by atoms with Crippen LogP contribution in [0.2, 0.25) is 0 Å². The largest absolute Gasteiger partial charge is 0.506 e. The molecule has 1 aliphatic rings. The van der Waals surface area contributed by atoms with Crippen LogP contribution in [0.15, 0.2) is 55.0 Å². The van der Waals surface area contributed by atoms with Crippen molar-refractivity contribution in [3.63, 3.8) is 0 Å². The van der Waals surface area contributed by atoms with Crippen LogP contribution in [0.3, 0.4) is 0 Å². The Morgan fingerprint density at radius 2 is 1.53 bits per heavy atom. The van der Waals surface area contributed by atoms with Gasteiger partial charge in [0.2, 0.25) is 0 Å². The Labute approximate surface area is 200 Å². The summed E-state index contributed by atoms with van der Waals surface area (Å²) >= 11 is 0. The third-order valence-corrected chi connectivity index (χ3v) is 5.93. The number of rotatable bonds is 10. The van der Waals surface area contributed by atoms with Gasteiger partial charge in [0.15, 0.2) is 0 Å². The quantitative estimate of drug-likeness (QED) is 0.292. The van der Waals surface area contributed by atoms with Crippen molar-refractivity contribution in [2.45, 2.75) is 63.9 Å². The molecule has 0 amide bonds. The second-order valence-corrected chi connectivity index (χ2v) is 8.18. The van der Waals surface area contributed by atoms with Crippen LogP contribution in [-0.4, -0.2) is 32.1 Å². The SMILES string of the molecule is Br.Oc1cccnc1CNCc1ccc(CN[C@H]2CCCC[C@H]2NCc2ncc[nH]2)cc1. The third kappa shape index (κ3) is 7.13. The number of aromatic hydroxyl groups is 1. The summed E-state index contributed by atoms with van der Waals surface area (Å²) in [6.07, 6.45) is 10.3. The molecule has 0 spiro atoms. The number of H-pyrrole nitrogens is 1. The second kappa shape index (κ2) is 12.7. The zero-order chi connectivity index (χ0) is 21.3. The van der Waals surface area contributed by atoms with E-state index < -0.39 is 0 Å². The van der Waals surface area contributed by atoms with E-state index >= 15 is 0 Å². The number of benzene rings is 1. The topological polar surface area (TPSA) is 97.9 Å². The van der Waals surface area contributed by atoms with Gasteiger partial charge in [-0.3, -0.25) is 4.98 Å². The first-order chi connectivity index (χ1) is 15.3. The van der Waals surface area contributed by atoms with E-state index in [0.717, 1.165) is 25.5 Å². The highest BCUT2D eigenvalue weighted by Crippen LogP contribution is 2.19. The van der Waals surface area contributed by atoms with Gasteiger partial charge < -0.3 is 26.0 Å². The minimum atomic E-state index is 0. The highest BCUT2D eigenvalue weighted by molar-refractivity contribution is 8.93. The molecule has 4 rings (SSSR count). The number of imidazole rings is 1. The van der Waals surface area contributed by atoms with E-state index in [1.165, 1.54) is 36.8 Å². The normalized spacial score (nSPS) is 18.2. The van der Waals surface area contributed by atoms with Crippen molar-refractivity contribution < 1.29 is 5.11 Å². The Morgan fingerprint density at radius 1 is 0.844 bits per heavy atom. The molecule has 172 valence electrons. The summed E-state index contributed by atoms with van der Waals surface area (Å²) in [5.41, 5.74) is 3.18. The Balaban J connectivity index is 0.00000289. The Kier molecular flexibility index (Phi) is 9.67. The first-order valence-electron chi connectivity index (χ1n) is 11.1. The predicted octanol–water partition coefficient (Wildman–Crippen LogP) is 3.57. The highest BCUT2D eigenvalue weighted by atomic mass is 79.9. The van der Waals surface area contributed by atoms with Gasteiger partial charge in [-0.15, -0.1) is 17.0 Å². The van der Waals surface area contributed by atoms with Gasteiger partial charge in [-0.05, 0) is 36.1 Å². The van der Waals surface area contributed by atoms with Gasteiger partial charge >= 0.3 is 0 Å². The smallest absolute Gasteiger partial charge is 0.138 e. The van der Waals surface area contributed by atoms with E-state index in [0.29, 0.717) is 24.3 Å². The fourth-order valence-electron chi connectivity index (χ4n) is 4.16. The second-order valence-electron chi connectivity index (χ2n) is 8.18. The predicted molar refractivity (Wildman–Crippen MR) is 132 cm³/mol. The summed E-state index contributed by atoms with van der Waals surface area (Å²) in [4.78, 5) is 11.7. The van der Waals surface area contributed by atoms with Crippen molar-refractivity contribution in [3.8, 4) is 5.75 Å². The van der Waals surface area contributed by atoms with Crippen molar-refractivity contribution in [2.75, 3.05) is 0 Å². The number of aromatic nitrogens is 3. The lowest BCUT2D eigenvalue weighted by molar-refractivity contribution is 0.280. The van der Waals surface area contributed by atoms with Crippen LogP contribution in [-0.2, 0) is 26.2 Å². The van der Waals surface area contributed by atoms with Gasteiger partial charge in [0.25, 0.3) is 0 Å². The zero-order valence-electron chi connectivity index (χ0n) is 18.3. The lowest BCUT2D eigenvalue weighted by atomic mass is 9.90. The molecule has 0 bridgehead atoms. The first kappa shape index (κ1) is 24.4. The Hall–Kier alpha value is -2.26. The molecule has 2 atom stereocenters. The highest BCUT2D eigenvalue weighted by Gasteiger charge is 2.24. The average Bonchev–Trinajstić information content (AvgIpc) is 3.33. The molecule has 0 radical (unpaired) electrons. The molecule has 0 saturated heterocycles. The monoisotopic (exact) mass is 500 g/mol. The van der Waals surface area contributed by atoms with Crippen LogP contribution < -0.4 is 16.0 Å². The molecule has 1 aromatic carbocycles. The number of pyridine rings is 1. The van der Waals surface area contributed by atoms with Gasteiger partial charge in [-0.1, -0.05) is 37.1 Å². The maximum atomic E-state index is 9.79. The van der Waals surface area contributed by atoms with Crippen LogP contribution in [0.1, 0.15) is 48.3 Å². The summed E-state index contributed by atoms with van der Waals surface area (Å²) in [5, 5.41) is 20.6. The van der Waals surface area contributed by atoms with Crippen LogP contribution >= 0.6 is 17.0 Å². The molecular weight excluding hydrogens is 468 g/mol. The molecule has 1 saturated carbocycles. The summed E-state index contributed by atoms with van der Waals surface area (Å²) in [5.74, 6) is 1.22. The van der Waals surface area contributed by atoms with Crippen LogP contribution in [0.5, 0.6) is 5.75 Å². The molecule has 2 heterocycles. The van der Waals surface area contributed by atoms with Crippen molar-refractivity contribution in [3.05, 3.63) is 77.6 Å². The van der Waals surface area contributed by atoms with E-state index in [4.69, 9.17) is 0 Å². The van der Waals surface area contributed by atoms with Gasteiger partial charge in [0.05, 0.1) is 12.2 Å². The number of halogens is 1. The lowest BCUT2D eigenvalue weighted by Gasteiger charge is -2.33. The summed E-state index contributed by atoms with van der Waals surface area (Å²) in [7, 11) is 0. The van der Waals surface area contributed by atoms with Crippen molar-refractivity contribution in [2.24, 2.45) is 0 Å².